The van der Waals surface area contributed by atoms with Crippen LogP contribution < -0.4 is 10.6 Å². The summed E-state index contributed by atoms with van der Waals surface area (Å²) >= 11 is 0. The van der Waals surface area contributed by atoms with Gasteiger partial charge >= 0.3 is 0 Å². The molecule has 27 heavy (non-hydrogen) atoms. The molecule has 1 heterocycles. The molecular formula is C23H25N3O. The van der Waals surface area contributed by atoms with Crippen molar-refractivity contribution in [2.24, 2.45) is 0 Å². The Morgan fingerprint density at radius 3 is 2.30 bits per heavy atom. The van der Waals surface area contributed by atoms with Gasteiger partial charge < -0.3 is 10.6 Å². The first kappa shape index (κ1) is 18.6. The van der Waals surface area contributed by atoms with Gasteiger partial charge in [-0.05, 0) is 50.5 Å². The second kappa shape index (κ2) is 8.04. The van der Waals surface area contributed by atoms with E-state index in [9.17, 15) is 4.79 Å². The van der Waals surface area contributed by atoms with Gasteiger partial charge in [-0.25, -0.2) is 0 Å². The average molecular weight is 359 g/mol. The van der Waals surface area contributed by atoms with Crippen molar-refractivity contribution in [1.82, 2.24) is 10.3 Å². The lowest BCUT2D eigenvalue weighted by Gasteiger charge is -2.16. The molecule has 0 aliphatic rings. The maximum Gasteiger partial charge on any atom is 0.253 e. The molecule has 0 radical (unpaired) electrons. The Morgan fingerprint density at radius 2 is 1.63 bits per heavy atom. The zero-order valence-corrected chi connectivity index (χ0v) is 16.2. The van der Waals surface area contributed by atoms with Gasteiger partial charge in [0.2, 0.25) is 0 Å². The maximum absolute atomic E-state index is 12.6. The highest BCUT2D eigenvalue weighted by Gasteiger charge is 2.13. The zero-order chi connectivity index (χ0) is 19.4. The third-order valence-corrected chi connectivity index (χ3v) is 4.59. The predicted molar refractivity (Wildman–Crippen MR) is 110 cm³/mol. The van der Waals surface area contributed by atoms with Gasteiger partial charge in [0.15, 0.2) is 0 Å². The molecule has 1 amide bonds. The number of rotatable bonds is 5. The van der Waals surface area contributed by atoms with E-state index >= 15 is 0 Å². The average Bonchev–Trinajstić information content (AvgIpc) is 2.65. The van der Waals surface area contributed by atoms with Gasteiger partial charge in [0.05, 0.1) is 23.5 Å². The Balaban J connectivity index is 1.76. The molecule has 0 spiro atoms. The number of aromatic nitrogens is 1. The third kappa shape index (κ3) is 4.53. The van der Waals surface area contributed by atoms with Crippen LogP contribution in [0, 0.1) is 20.8 Å². The fourth-order valence-corrected chi connectivity index (χ4v) is 3.26. The van der Waals surface area contributed by atoms with Crippen molar-refractivity contribution in [3.63, 3.8) is 0 Å². The number of hydrogen-bond acceptors (Lipinski definition) is 3. The highest BCUT2D eigenvalue weighted by Crippen LogP contribution is 2.26. The van der Waals surface area contributed by atoms with Crippen LogP contribution in [0.15, 0.2) is 60.9 Å². The zero-order valence-electron chi connectivity index (χ0n) is 16.2. The summed E-state index contributed by atoms with van der Waals surface area (Å²) in [6.45, 7) is 8.22. The topological polar surface area (TPSA) is 54.0 Å². The Morgan fingerprint density at radius 1 is 0.963 bits per heavy atom. The molecule has 3 aromatic rings. The summed E-state index contributed by atoms with van der Waals surface area (Å²) in [6, 6.07) is 15.9. The first-order valence-electron chi connectivity index (χ1n) is 9.10. The van der Waals surface area contributed by atoms with Gasteiger partial charge in [-0.1, -0.05) is 48.0 Å². The number of hydrogen-bond donors (Lipinski definition) is 2. The van der Waals surface area contributed by atoms with Gasteiger partial charge in [0, 0.05) is 11.9 Å². The first-order valence-corrected chi connectivity index (χ1v) is 9.10. The summed E-state index contributed by atoms with van der Waals surface area (Å²) in [7, 11) is 0. The SMILES string of the molecule is Cc1cc(C)c(Nc2cncc(C(=O)NC(C)c3ccccc3)c2)c(C)c1. The molecule has 0 saturated carbocycles. The van der Waals surface area contributed by atoms with Crippen LogP contribution in [-0.4, -0.2) is 10.9 Å². The number of nitrogens with zero attached hydrogens (tertiary/aromatic N) is 1. The van der Waals surface area contributed by atoms with E-state index in [2.05, 4.69) is 48.5 Å². The fraction of sp³-hybridized carbons (Fsp3) is 0.217. The molecule has 4 nitrogen and oxygen atoms in total. The molecule has 0 aliphatic heterocycles. The van der Waals surface area contributed by atoms with E-state index in [4.69, 9.17) is 0 Å². The van der Waals surface area contributed by atoms with E-state index in [1.807, 2.05) is 43.3 Å². The van der Waals surface area contributed by atoms with E-state index in [0.717, 1.165) is 16.9 Å². The van der Waals surface area contributed by atoms with E-state index in [-0.39, 0.29) is 11.9 Å². The summed E-state index contributed by atoms with van der Waals surface area (Å²) < 4.78 is 0. The van der Waals surface area contributed by atoms with Crippen LogP contribution in [0.25, 0.3) is 0 Å². The number of carbonyl (C=O) groups excluding carboxylic acids is 1. The van der Waals surface area contributed by atoms with Gasteiger partial charge in [0.1, 0.15) is 0 Å². The van der Waals surface area contributed by atoms with Crippen molar-refractivity contribution in [2.75, 3.05) is 5.32 Å². The van der Waals surface area contributed by atoms with Crippen LogP contribution in [0.2, 0.25) is 0 Å². The third-order valence-electron chi connectivity index (χ3n) is 4.59. The normalized spacial score (nSPS) is 11.7. The fourth-order valence-electron chi connectivity index (χ4n) is 3.26. The van der Waals surface area contributed by atoms with Gasteiger partial charge in [-0.3, -0.25) is 9.78 Å². The number of aryl methyl sites for hydroxylation is 3. The Labute approximate surface area is 160 Å². The molecular weight excluding hydrogens is 334 g/mol. The summed E-state index contributed by atoms with van der Waals surface area (Å²) in [6.07, 6.45) is 3.32. The predicted octanol–water partition coefficient (Wildman–Crippen LogP) is 5.24. The molecule has 0 saturated heterocycles. The minimum absolute atomic E-state index is 0.0723. The van der Waals surface area contributed by atoms with Crippen molar-refractivity contribution in [2.45, 2.75) is 33.7 Å². The molecule has 0 aliphatic carbocycles. The second-order valence-corrected chi connectivity index (χ2v) is 6.97. The van der Waals surface area contributed by atoms with Crippen LogP contribution in [-0.2, 0) is 0 Å². The summed E-state index contributed by atoms with van der Waals surface area (Å²) in [5, 5.41) is 6.43. The molecule has 4 heteroatoms. The number of amides is 1. The smallest absolute Gasteiger partial charge is 0.253 e. The van der Waals surface area contributed by atoms with E-state index in [1.54, 1.807) is 12.4 Å². The number of pyridine rings is 1. The molecule has 1 unspecified atom stereocenters. The lowest BCUT2D eigenvalue weighted by atomic mass is 10.0. The van der Waals surface area contributed by atoms with Crippen LogP contribution >= 0.6 is 0 Å². The second-order valence-electron chi connectivity index (χ2n) is 6.97. The Kier molecular flexibility index (Phi) is 5.55. The quantitative estimate of drug-likeness (QED) is 0.655. The molecule has 2 N–H and O–H groups in total. The minimum atomic E-state index is -0.139. The van der Waals surface area contributed by atoms with Crippen molar-refractivity contribution in [3.8, 4) is 0 Å². The molecule has 2 aromatic carbocycles. The van der Waals surface area contributed by atoms with Crippen LogP contribution in [0.4, 0.5) is 11.4 Å². The number of nitrogens with one attached hydrogen (secondary N) is 2. The lowest BCUT2D eigenvalue weighted by Crippen LogP contribution is -2.26. The summed E-state index contributed by atoms with van der Waals surface area (Å²) in [5.41, 5.74) is 7.02. The largest absolute Gasteiger partial charge is 0.354 e. The van der Waals surface area contributed by atoms with Crippen molar-refractivity contribution in [3.05, 3.63) is 88.7 Å². The molecule has 1 atom stereocenters. The molecule has 0 fully saturated rings. The molecule has 1 aromatic heterocycles. The minimum Gasteiger partial charge on any atom is -0.354 e. The molecule has 0 bridgehead atoms. The number of carbonyl (C=O) groups is 1. The van der Waals surface area contributed by atoms with Crippen molar-refractivity contribution in [1.29, 1.82) is 0 Å². The van der Waals surface area contributed by atoms with Crippen LogP contribution in [0.1, 0.15) is 45.6 Å². The number of anilines is 2. The first-order chi connectivity index (χ1) is 12.9. The number of benzene rings is 2. The monoisotopic (exact) mass is 359 g/mol. The molecule has 138 valence electrons. The maximum atomic E-state index is 12.6. The summed E-state index contributed by atoms with van der Waals surface area (Å²) in [4.78, 5) is 16.9. The van der Waals surface area contributed by atoms with Gasteiger partial charge in [-0.2, -0.15) is 0 Å². The van der Waals surface area contributed by atoms with E-state index in [0.29, 0.717) is 5.56 Å². The van der Waals surface area contributed by atoms with Crippen molar-refractivity contribution >= 4 is 17.3 Å². The van der Waals surface area contributed by atoms with E-state index in [1.165, 1.54) is 16.7 Å². The summed E-state index contributed by atoms with van der Waals surface area (Å²) in [5.74, 6) is -0.139. The van der Waals surface area contributed by atoms with Crippen LogP contribution in [0.3, 0.4) is 0 Å². The highest BCUT2D eigenvalue weighted by atomic mass is 16.1. The Hall–Kier alpha value is -3.14. The van der Waals surface area contributed by atoms with Crippen LogP contribution in [0.5, 0.6) is 0 Å². The standard InChI is InChI=1S/C23H25N3O/c1-15-10-16(2)22(17(3)11-15)26-21-12-20(13-24-14-21)23(27)25-18(4)19-8-6-5-7-9-19/h5-14,18,26H,1-4H3,(H,25,27). The molecule has 3 rings (SSSR count). The van der Waals surface area contributed by atoms with E-state index < -0.39 is 0 Å². The Bertz CT molecular complexity index is 928. The van der Waals surface area contributed by atoms with Gasteiger partial charge in [-0.15, -0.1) is 0 Å². The van der Waals surface area contributed by atoms with Gasteiger partial charge in [0.25, 0.3) is 5.91 Å². The highest BCUT2D eigenvalue weighted by molar-refractivity contribution is 5.95. The lowest BCUT2D eigenvalue weighted by molar-refractivity contribution is 0.0939. The van der Waals surface area contributed by atoms with Crippen molar-refractivity contribution < 1.29 is 4.79 Å².